The number of carbonyl (C=O) groups excluding carboxylic acids is 2. The fourth-order valence-corrected chi connectivity index (χ4v) is 0.953. The summed E-state index contributed by atoms with van der Waals surface area (Å²) in [5.41, 5.74) is 6.02. The highest BCUT2D eigenvalue weighted by Crippen LogP contribution is 2.09. The molecule has 1 aromatic rings. The Morgan fingerprint density at radius 2 is 1.88 bits per heavy atom. The van der Waals surface area contributed by atoms with Crippen LogP contribution in [0.5, 0.6) is 0 Å². The minimum atomic E-state index is -0.507. The number of hydrogen-bond acceptors (Lipinski definition) is 2. The Morgan fingerprint density at radius 3 is 2.31 bits per heavy atom. The van der Waals surface area contributed by atoms with Crippen LogP contribution >= 0.6 is 0 Å². The summed E-state index contributed by atoms with van der Waals surface area (Å²) in [6, 6.07) is 6.47. The molecule has 0 saturated carbocycles. The van der Waals surface area contributed by atoms with Gasteiger partial charge in [-0.15, -0.1) is 0 Å². The molecule has 88 valence electrons. The predicted octanol–water partition coefficient (Wildman–Crippen LogP) is 2.16. The Labute approximate surface area is 95.8 Å². The van der Waals surface area contributed by atoms with Crippen LogP contribution in [0.25, 0.3) is 0 Å². The molecule has 16 heavy (non-hydrogen) atoms. The third kappa shape index (κ3) is 5.80. The maximum absolute atomic E-state index is 10.7. The summed E-state index contributed by atoms with van der Waals surface area (Å²) in [4.78, 5) is 21.4. The summed E-state index contributed by atoms with van der Waals surface area (Å²) >= 11 is 0. The Balaban J connectivity index is 0.000000673. The van der Waals surface area contributed by atoms with Crippen molar-refractivity contribution in [3.05, 3.63) is 29.8 Å². The van der Waals surface area contributed by atoms with E-state index in [4.69, 9.17) is 5.73 Å². The lowest BCUT2D eigenvalue weighted by Gasteiger charge is -2.02. The normalized spacial score (nSPS) is 8.69. The highest BCUT2D eigenvalue weighted by atomic mass is 16.1. The average molecular weight is 222 g/mol. The lowest BCUT2D eigenvalue weighted by Crippen LogP contribution is -2.12. The molecule has 3 N–H and O–H groups in total. The van der Waals surface area contributed by atoms with Gasteiger partial charge in [-0.05, 0) is 18.2 Å². The number of nitrogens with one attached hydrogen (secondary N) is 1. The molecule has 4 nitrogen and oxygen atoms in total. The van der Waals surface area contributed by atoms with Crippen molar-refractivity contribution in [1.29, 1.82) is 0 Å². The van der Waals surface area contributed by atoms with Crippen LogP contribution in [-0.2, 0) is 4.79 Å². The predicted molar refractivity (Wildman–Crippen MR) is 65.2 cm³/mol. The minimum absolute atomic E-state index is 0.179. The van der Waals surface area contributed by atoms with E-state index in [2.05, 4.69) is 19.2 Å². The van der Waals surface area contributed by atoms with Crippen molar-refractivity contribution in [2.75, 3.05) is 5.32 Å². The van der Waals surface area contributed by atoms with Crippen LogP contribution in [0.15, 0.2) is 24.3 Å². The van der Waals surface area contributed by atoms with Gasteiger partial charge < -0.3 is 11.1 Å². The van der Waals surface area contributed by atoms with E-state index in [0.29, 0.717) is 11.3 Å². The van der Waals surface area contributed by atoms with E-state index in [1.54, 1.807) is 18.2 Å². The van der Waals surface area contributed by atoms with E-state index in [9.17, 15) is 9.59 Å². The molecular formula is C12H18N2O2. The summed E-state index contributed by atoms with van der Waals surface area (Å²) in [5, 5.41) is 2.55. The summed E-state index contributed by atoms with van der Waals surface area (Å²) in [7, 11) is 0. The summed E-state index contributed by atoms with van der Waals surface area (Å²) in [6.07, 6.45) is 1.25. The van der Waals surface area contributed by atoms with Gasteiger partial charge in [0.05, 0.1) is 0 Å². The summed E-state index contributed by atoms with van der Waals surface area (Å²) in [5.74, 6) is -0.686. The van der Waals surface area contributed by atoms with Crippen LogP contribution in [-0.4, -0.2) is 11.8 Å². The molecule has 0 bridgehead atoms. The molecule has 0 aromatic heterocycles. The van der Waals surface area contributed by atoms with Crippen LogP contribution in [0, 0.1) is 0 Å². The van der Waals surface area contributed by atoms with Gasteiger partial charge >= 0.3 is 0 Å². The van der Waals surface area contributed by atoms with Crippen molar-refractivity contribution in [1.82, 2.24) is 0 Å². The SMILES string of the molecule is CC(=O)Nc1cccc(C(N)=O)c1.CCC. The standard InChI is InChI=1S/C9H10N2O2.C3H8/c1-6(12)11-8-4-2-3-7(5-8)9(10)13;1-3-2/h2-5H,1H3,(H2,10,13)(H,11,12);3H2,1-2H3. The maximum Gasteiger partial charge on any atom is 0.248 e. The largest absolute Gasteiger partial charge is 0.366 e. The molecule has 4 heteroatoms. The quantitative estimate of drug-likeness (QED) is 0.804. The Hall–Kier alpha value is -1.84. The Morgan fingerprint density at radius 1 is 1.31 bits per heavy atom. The molecule has 0 aliphatic heterocycles. The lowest BCUT2D eigenvalue weighted by atomic mass is 10.2. The number of nitrogens with two attached hydrogens (primary N) is 1. The minimum Gasteiger partial charge on any atom is -0.366 e. The number of anilines is 1. The molecular weight excluding hydrogens is 204 g/mol. The first kappa shape index (κ1) is 14.2. The van der Waals surface area contributed by atoms with Crippen LogP contribution in [0.3, 0.4) is 0 Å². The van der Waals surface area contributed by atoms with E-state index < -0.39 is 5.91 Å². The van der Waals surface area contributed by atoms with E-state index in [0.717, 1.165) is 0 Å². The topological polar surface area (TPSA) is 72.2 Å². The summed E-state index contributed by atoms with van der Waals surface area (Å²) < 4.78 is 0. The molecule has 0 heterocycles. The molecule has 0 atom stereocenters. The fourth-order valence-electron chi connectivity index (χ4n) is 0.953. The zero-order valence-corrected chi connectivity index (χ0v) is 9.91. The second-order valence-corrected chi connectivity index (χ2v) is 3.33. The van der Waals surface area contributed by atoms with E-state index >= 15 is 0 Å². The first-order chi connectivity index (χ1) is 7.51. The van der Waals surface area contributed by atoms with Crippen molar-refractivity contribution >= 4 is 17.5 Å². The summed E-state index contributed by atoms with van der Waals surface area (Å²) in [6.45, 7) is 5.65. The van der Waals surface area contributed by atoms with Crippen molar-refractivity contribution in [2.45, 2.75) is 27.2 Å². The molecule has 0 fully saturated rings. The molecule has 0 radical (unpaired) electrons. The van der Waals surface area contributed by atoms with Gasteiger partial charge in [-0.2, -0.15) is 0 Å². The smallest absolute Gasteiger partial charge is 0.248 e. The number of benzene rings is 1. The molecule has 2 amide bonds. The van der Waals surface area contributed by atoms with Gasteiger partial charge in [0.25, 0.3) is 0 Å². The highest BCUT2D eigenvalue weighted by Gasteiger charge is 2.01. The van der Waals surface area contributed by atoms with Gasteiger partial charge in [0, 0.05) is 18.2 Å². The Kier molecular flexibility index (Phi) is 6.59. The van der Waals surface area contributed by atoms with E-state index in [1.807, 2.05) is 0 Å². The van der Waals surface area contributed by atoms with Crippen molar-refractivity contribution in [3.63, 3.8) is 0 Å². The monoisotopic (exact) mass is 222 g/mol. The highest BCUT2D eigenvalue weighted by molar-refractivity contribution is 5.95. The molecule has 1 rings (SSSR count). The van der Waals surface area contributed by atoms with Crippen molar-refractivity contribution in [2.24, 2.45) is 5.73 Å². The van der Waals surface area contributed by atoms with Gasteiger partial charge in [-0.25, -0.2) is 0 Å². The molecule has 0 aliphatic rings. The second-order valence-electron chi connectivity index (χ2n) is 3.33. The average Bonchev–Trinajstić information content (AvgIpc) is 2.18. The number of rotatable bonds is 2. The Bertz CT molecular complexity index is 362. The lowest BCUT2D eigenvalue weighted by molar-refractivity contribution is -0.114. The first-order valence-corrected chi connectivity index (χ1v) is 5.18. The number of carbonyl (C=O) groups is 2. The zero-order valence-electron chi connectivity index (χ0n) is 9.91. The number of hydrogen-bond donors (Lipinski definition) is 2. The molecule has 0 aliphatic carbocycles. The number of amides is 2. The fraction of sp³-hybridized carbons (Fsp3) is 0.333. The van der Waals surface area contributed by atoms with Crippen LogP contribution in [0.4, 0.5) is 5.69 Å². The second kappa shape index (κ2) is 7.45. The van der Waals surface area contributed by atoms with Gasteiger partial charge in [0.2, 0.25) is 11.8 Å². The number of primary amides is 1. The van der Waals surface area contributed by atoms with Gasteiger partial charge in [-0.1, -0.05) is 26.3 Å². The van der Waals surface area contributed by atoms with Gasteiger partial charge in [0.15, 0.2) is 0 Å². The van der Waals surface area contributed by atoms with Crippen molar-refractivity contribution < 1.29 is 9.59 Å². The molecule has 0 saturated heterocycles. The van der Waals surface area contributed by atoms with E-state index in [1.165, 1.54) is 19.4 Å². The molecule has 0 unspecified atom stereocenters. The van der Waals surface area contributed by atoms with Crippen molar-refractivity contribution in [3.8, 4) is 0 Å². The third-order valence-electron chi connectivity index (χ3n) is 1.47. The van der Waals surface area contributed by atoms with Crippen LogP contribution < -0.4 is 11.1 Å². The van der Waals surface area contributed by atoms with Crippen LogP contribution in [0.1, 0.15) is 37.6 Å². The van der Waals surface area contributed by atoms with Gasteiger partial charge in [-0.3, -0.25) is 9.59 Å². The molecule has 1 aromatic carbocycles. The molecule has 0 spiro atoms. The first-order valence-electron chi connectivity index (χ1n) is 5.18. The third-order valence-corrected chi connectivity index (χ3v) is 1.47. The zero-order chi connectivity index (χ0) is 12.6. The van der Waals surface area contributed by atoms with Gasteiger partial charge in [0.1, 0.15) is 0 Å². The van der Waals surface area contributed by atoms with Crippen LogP contribution in [0.2, 0.25) is 0 Å². The van der Waals surface area contributed by atoms with E-state index in [-0.39, 0.29) is 5.91 Å². The maximum atomic E-state index is 10.7.